The Kier molecular flexibility index (Phi) is 17.2. The summed E-state index contributed by atoms with van der Waals surface area (Å²) in [5.74, 6) is -0.0260. The first-order valence-corrected chi connectivity index (χ1v) is 29.4. The molecule has 0 radical (unpaired) electrons. The molecule has 0 amide bonds. The highest BCUT2D eigenvalue weighted by Crippen LogP contribution is 2.45. The summed E-state index contributed by atoms with van der Waals surface area (Å²) < 4.78 is 80.6. The Balaban J connectivity index is 0.909. The standard InChI is InChI=1S/C55H65ClFN7O6S3/c1-37(2)64-39(4)55(72(5,66)67)53(54(64)40-11-13-42(56)14-12-40)41-32-43(57)34-47(33-41)63-29-27-62(28-30-63)46-17-15-44(16-18-46)60-73(68,69)50-19-20-51(38(3)31-50)59-45(36-71-49-9-7-6-8-10-49)21-24-61-25-22-48(23-26-61)70-52(65)35-58/h6-20,31-34,37,45,48,59-60H,21-30,35-36,58H2,1-5H3/t45-/m1/s1. The molecule has 3 heterocycles. The lowest BCUT2D eigenvalue weighted by molar-refractivity contribution is -0.149. The summed E-state index contributed by atoms with van der Waals surface area (Å²) >= 11 is 8.04. The number of piperidine rings is 1. The number of sulfonamides is 1. The fraction of sp³-hybridized carbons (Fsp3) is 0.364. The molecule has 1 atom stereocenters. The Bertz CT molecular complexity index is 3110. The zero-order chi connectivity index (χ0) is 52.0. The predicted octanol–water partition coefficient (Wildman–Crippen LogP) is 10.3. The number of esters is 1. The van der Waals surface area contributed by atoms with Crippen molar-refractivity contribution in [3.8, 4) is 22.4 Å². The smallest absolute Gasteiger partial charge is 0.319 e. The molecule has 0 aliphatic carbocycles. The number of rotatable bonds is 19. The third kappa shape index (κ3) is 13.2. The Labute approximate surface area is 439 Å². The van der Waals surface area contributed by atoms with E-state index in [1.165, 1.54) is 23.3 Å². The zero-order valence-corrected chi connectivity index (χ0v) is 45.2. The van der Waals surface area contributed by atoms with Crippen molar-refractivity contribution in [2.24, 2.45) is 5.73 Å². The molecule has 0 bridgehead atoms. The van der Waals surface area contributed by atoms with E-state index in [9.17, 15) is 21.6 Å². The number of aromatic nitrogens is 1. The van der Waals surface area contributed by atoms with Crippen LogP contribution >= 0.6 is 23.4 Å². The van der Waals surface area contributed by atoms with E-state index < -0.39 is 25.7 Å². The molecule has 2 aliphatic heterocycles. The molecule has 4 N–H and O–H groups in total. The Morgan fingerprint density at radius 1 is 0.822 bits per heavy atom. The second-order valence-electron chi connectivity index (χ2n) is 19.2. The van der Waals surface area contributed by atoms with Crippen molar-refractivity contribution in [1.82, 2.24) is 9.47 Å². The number of hydrogen-bond acceptors (Lipinski definition) is 12. The largest absolute Gasteiger partial charge is 0.461 e. The Hall–Kier alpha value is -5.56. The van der Waals surface area contributed by atoms with E-state index in [2.05, 4.69) is 36.9 Å². The van der Waals surface area contributed by atoms with Gasteiger partial charge in [-0.05, 0) is 149 Å². The number of carbonyl (C=O) groups is 1. The minimum Gasteiger partial charge on any atom is -0.461 e. The average molecular weight is 1070 g/mol. The molecule has 0 saturated carbocycles. The second-order valence-corrected chi connectivity index (χ2v) is 24.3. The normalized spacial score (nSPS) is 15.4. The van der Waals surface area contributed by atoms with Crippen LogP contribution in [0.3, 0.4) is 0 Å². The molecular formula is C55H65ClFN7O6S3. The third-order valence-electron chi connectivity index (χ3n) is 13.6. The zero-order valence-electron chi connectivity index (χ0n) is 42.0. The van der Waals surface area contributed by atoms with Crippen molar-refractivity contribution in [2.45, 2.75) is 79.8 Å². The number of ether oxygens (including phenoxy) is 1. The SMILES string of the molecule is Cc1cc(S(=O)(=O)Nc2ccc(N3CCN(c4cc(F)cc(-c5c(S(C)(=O)=O)c(C)n(C(C)C)c5-c5ccc(Cl)cc5)c4)CC3)cc2)ccc1N[C@H](CCN1CCC(OC(=O)CN)CC1)CSc1ccccc1. The lowest BCUT2D eigenvalue weighted by atomic mass is 9.99. The van der Waals surface area contributed by atoms with Gasteiger partial charge in [0.2, 0.25) is 0 Å². The van der Waals surface area contributed by atoms with Crippen LogP contribution in [0.5, 0.6) is 0 Å². The highest BCUT2D eigenvalue weighted by atomic mass is 35.5. The maximum Gasteiger partial charge on any atom is 0.319 e. The van der Waals surface area contributed by atoms with Crippen molar-refractivity contribution < 1.29 is 30.8 Å². The van der Waals surface area contributed by atoms with Gasteiger partial charge < -0.3 is 35.1 Å². The highest BCUT2D eigenvalue weighted by Gasteiger charge is 2.31. The number of piperazine rings is 1. The molecule has 5 aromatic carbocycles. The molecule has 8 rings (SSSR count). The fourth-order valence-corrected chi connectivity index (χ4v) is 13.4. The highest BCUT2D eigenvalue weighted by molar-refractivity contribution is 7.99. The molecule has 6 aromatic rings. The number of nitrogens with zero attached hydrogens (tertiary/aromatic N) is 4. The molecule has 1 aromatic heterocycles. The van der Waals surface area contributed by atoms with Crippen molar-refractivity contribution in [3.63, 3.8) is 0 Å². The summed E-state index contributed by atoms with van der Waals surface area (Å²) in [7, 11) is -7.67. The molecule has 18 heteroatoms. The molecule has 388 valence electrons. The van der Waals surface area contributed by atoms with Gasteiger partial charge in [0.1, 0.15) is 11.9 Å². The number of thioether (sulfide) groups is 1. The van der Waals surface area contributed by atoms with Gasteiger partial charge in [0.05, 0.1) is 22.0 Å². The van der Waals surface area contributed by atoms with Gasteiger partial charge in [-0.15, -0.1) is 11.8 Å². The molecule has 0 spiro atoms. The van der Waals surface area contributed by atoms with Crippen LogP contribution in [0.15, 0.2) is 130 Å². The van der Waals surface area contributed by atoms with Gasteiger partial charge in [-0.3, -0.25) is 9.52 Å². The van der Waals surface area contributed by atoms with Crippen LogP contribution in [0.2, 0.25) is 5.02 Å². The maximum absolute atomic E-state index is 15.8. The van der Waals surface area contributed by atoms with E-state index in [1.807, 2.05) is 79.9 Å². The fourth-order valence-electron chi connectivity index (χ4n) is 9.94. The van der Waals surface area contributed by atoms with E-state index in [4.69, 9.17) is 22.1 Å². The van der Waals surface area contributed by atoms with Gasteiger partial charge in [-0.1, -0.05) is 41.9 Å². The minimum absolute atomic E-state index is 0.0918. The Morgan fingerprint density at radius 2 is 1.48 bits per heavy atom. The number of hydrogen-bond donors (Lipinski definition) is 3. The quantitative estimate of drug-likeness (QED) is 0.0522. The van der Waals surface area contributed by atoms with Gasteiger partial charge in [-0.25, -0.2) is 21.2 Å². The van der Waals surface area contributed by atoms with Crippen LogP contribution in [0.4, 0.5) is 27.1 Å². The number of nitrogens with two attached hydrogens (primary N) is 1. The average Bonchev–Trinajstić information content (AvgIpc) is 3.70. The van der Waals surface area contributed by atoms with Gasteiger partial charge in [0.15, 0.2) is 9.84 Å². The van der Waals surface area contributed by atoms with Crippen LogP contribution < -0.4 is 25.6 Å². The van der Waals surface area contributed by atoms with E-state index in [-0.39, 0.29) is 40.5 Å². The number of sulfone groups is 1. The summed E-state index contributed by atoms with van der Waals surface area (Å²) in [6.07, 6.45) is 3.52. The summed E-state index contributed by atoms with van der Waals surface area (Å²) in [4.78, 5) is 19.9. The first kappa shape index (κ1) is 53.7. The van der Waals surface area contributed by atoms with Gasteiger partial charge >= 0.3 is 5.97 Å². The number of anilines is 4. The van der Waals surface area contributed by atoms with Crippen molar-refractivity contribution in [1.29, 1.82) is 0 Å². The van der Waals surface area contributed by atoms with Crippen molar-refractivity contribution >= 4 is 71.9 Å². The minimum atomic E-state index is -3.92. The van der Waals surface area contributed by atoms with Crippen LogP contribution in [0.25, 0.3) is 22.4 Å². The van der Waals surface area contributed by atoms with Gasteiger partial charge in [0.25, 0.3) is 10.0 Å². The number of benzene rings is 5. The lowest BCUT2D eigenvalue weighted by Crippen LogP contribution is -2.46. The van der Waals surface area contributed by atoms with Crippen LogP contribution in [-0.4, -0.2) is 109 Å². The molecule has 2 fully saturated rings. The van der Waals surface area contributed by atoms with Crippen LogP contribution in [0, 0.1) is 19.7 Å². The predicted molar refractivity (Wildman–Crippen MR) is 295 cm³/mol. The first-order chi connectivity index (χ1) is 34.9. The molecule has 73 heavy (non-hydrogen) atoms. The molecule has 2 saturated heterocycles. The van der Waals surface area contributed by atoms with Crippen molar-refractivity contribution in [2.75, 3.05) is 84.2 Å². The number of carbonyl (C=O) groups excluding carboxylic acids is 1. The topological polar surface area (TPSA) is 159 Å². The molecule has 0 unspecified atom stereocenters. The van der Waals surface area contributed by atoms with Crippen LogP contribution in [-0.2, 0) is 29.4 Å². The first-order valence-electron chi connectivity index (χ1n) is 24.7. The number of nitrogens with one attached hydrogen (secondary N) is 2. The van der Waals surface area contributed by atoms with Crippen LogP contribution in [0.1, 0.15) is 50.4 Å². The number of halogens is 2. The molecular weight excluding hydrogens is 1010 g/mol. The molecule has 13 nitrogen and oxygen atoms in total. The molecule has 2 aliphatic rings. The van der Waals surface area contributed by atoms with E-state index >= 15 is 4.39 Å². The van der Waals surface area contributed by atoms with Crippen molar-refractivity contribution in [3.05, 3.63) is 137 Å². The summed E-state index contributed by atoms with van der Waals surface area (Å²) in [5.41, 5.74) is 12.1. The number of likely N-dealkylation sites (tertiary alicyclic amines) is 1. The second kappa shape index (κ2) is 23.3. The maximum atomic E-state index is 15.8. The third-order valence-corrected chi connectivity index (χ3v) is 17.6. The van der Waals surface area contributed by atoms with Gasteiger partial charge in [-0.2, -0.15) is 0 Å². The summed E-state index contributed by atoms with van der Waals surface area (Å²) in [5, 5.41) is 4.27. The summed E-state index contributed by atoms with van der Waals surface area (Å²) in [6.45, 7) is 12.5. The van der Waals surface area contributed by atoms with E-state index in [0.717, 1.165) is 67.2 Å². The lowest BCUT2D eigenvalue weighted by Gasteiger charge is -2.37. The van der Waals surface area contributed by atoms with Gasteiger partial charge in [0, 0.05) is 114 Å². The Morgan fingerprint density at radius 3 is 2.10 bits per heavy atom. The monoisotopic (exact) mass is 1070 g/mol. The van der Waals surface area contributed by atoms with E-state index in [0.29, 0.717) is 65.1 Å². The number of aryl methyl sites for hydroxylation is 1. The van der Waals surface area contributed by atoms with E-state index in [1.54, 1.807) is 55.1 Å². The summed E-state index contributed by atoms with van der Waals surface area (Å²) in [6, 6.07) is 34.8.